The van der Waals surface area contributed by atoms with Crippen LogP contribution in [0.4, 0.5) is 0 Å². The lowest BCUT2D eigenvalue weighted by atomic mass is 10.1. The van der Waals surface area contributed by atoms with Crippen molar-refractivity contribution in [2.24, 2.45) is 11.5 Å². The summed E-state index contributed by atoms with van der Waals surface area (Å²) in [6, 6.07) is 5.15. The first kappa shape index (κ1) is 14.7. The van der Waals surface area contributed by atoms with E-state index in [0.29, 0.717) is 5.56 Å². The van der Waals surface area contributed by atoms with Crippen molar-refractivity contribution in [2.75, 3.05) is 0 Å². The molecule has 6 N–H and O–H groups in total. The molecule has 0 aromatic heterocycles. The monoisotopic (exact) mass is 265 g/mol. The summed E-state index contributed by atoms with van der Waals surface area (Å²) in [4.78, 5) is 32.9. The molecule has 0 radical (unpaired) electrons. The van der Waals surface area contributed by atoms with Crippen molar-refractivity contribution in [1.82, 2.24) is 5.32 Å². The van der Waals surface area contributed by atoms with Gasteiger partial charge >= 0.3 is 5.97 Å². The van der Waals surface area contributed by atoms with E-state index in [1.807, 2.05) is 0 Å². The highest BCUT2D eigenvalue weighted by Gasteiger charge is 2.15. The Morgan fingerprint density at radius 1 is 1.32 bits per heavy atom. The predicted octanol–water partition coefficient (Wildman–Crippen LogP) is -0.796. The summed E-state index contributed by atoms with van der Waals surface area (Å²) in [5.74, 6) is -2.21. The van der Waals surface area contributed by atoms with Crippen molar-refractivity contribution in [3.63, 3.8) is 0 Å². The van der Waals surface area contributed by atoms with Crippen molar-refractivity contribution in [2.45, 2.75) is 19.0 Å². The van der Waals surface area contributed by atoms with Gasteiger partial charge in [-0.15, -0.1) is 0 Å². The van der Waals surface area contributed by atoms with Gasteiger partial charge in [0, 0.05) is 6.54 Å². The maximum absolute atomic E-state index is 11.5. The largest absolute Gasteiger partial charge is 0.478 e. The number of nitrogens with one attached hydrogen (secondary N) is 1. The van der Waals surface area contributed by atoms with Crippen LogP contribution in [0, 0.1) is 0 Å². The SMILES string of the molecule is NC(=O)CC(N)C(=O)NCc1cccc(C(=O)O)c1. The Bertz CT molecular complexity index is 502. The highest BCUT2D eigenvalue weighted by molar-refractivity contribution is 5.88. The number of rotatable bonds is 6. The zero-order valence-corrected chi connectivity index (χ0v) is 10.1. The molecular weight excluding hydrogens is 250 g/mol. The molecule has 0 aliphatic carbocycles. The number of nitrogens with two attached hydrogens (primary N) is 2. The van der Waals surface area contributed by atoms with E-state index in [-0.39, 0.29) is 18.5 Å². The van der Waals surface area contributed by atoms with Gasteiger partial charge in [-0.1, -0.05) is 12.1 Å². The van der Waals surface area contributed by atoms with Gasteiger partial charge in [-0.2, -0.15) is 0 Å². The summed E-state index contributed by atoms with van der Waals surface area (Å²) in [7, 11) is 0. The van der Waals surface area contributed by atoms with E-state index in [4.69, 9.17) is 16.6 Å². The fraction of sp³-hybridized carbons (Fsp3) is 0.250. The maximum atomic E-state index is 11.5. The smallest absolute Gasteiger partial charge is 0.335 e. The van der Waals surface area contributed by atoms with Crippen molar-refractivity contribution < 1.29 is 19.5 Å². The minimum atomic E-state index is -1.04. The molecule has 0 saturated heterocycles. The molecule has 7 nitrogen and oxygen atoms in total. The number of benzene rings is 1. The highest BCUT2D eigenvalue weighted by atomic mass is 16.4. The van der Waals surface area contributed by atoms with Crippen LogP contribution in [0.15, 0.2) is 24.3 Å². The second-order valence-electron chi connectivity index (χ2n) is 4.00. The molecule has 102 valence electrons. The lowest BCUT2D eigenvalue weighted by Gasteiger charge is -2.10. The molecule has 7 heteroatoms. The van der Waals surface area contributed by atoms with E-state index in [2.05, 4.69) is 5.32 Å². The zero-order valence-electron chi connectivity index (χ0n) is 10.1. The van der Waals surface area contributed by atoms with Gasteiger partial charge in [-0.05, 0) is 17.7 Å². The number of carbonyl (C=O) groups excluding carboxylic acids is 2. The first-order valence-corrected chi connectivity index (χ1v) is 5.54. The van der Waals surface area contributed by atoms with Crippen molar-refractivity contribution in [3.05, 3.63) is 35.4 Å². The Morgan fingerprint density at radius 2 is 2.00 bits per heavy atom. The third-order valence-electron chi connectivity index (χ3n) is 2.40. The van der Waals surface area contributed by atoms with Crippen molar-refractivity contribution >= 4 is 17.8 Å². The minimum Gasteiger partial charge on any atom is -0.478 e. The summed E-state index contributed by atoms with van der Waals surface area (Å²) in [5, 5.41) is 11.3. The van der Waals surface area contributed by atoms with E-state index in [9.17, 15) is 14.4 Å². The van der Waals surface area contributed by atoms with Gasteiger partial charge in [0.15, 0.2) is 0 Å². The Labute approximate surface area is 109 Å². The van der Waals surface area contributed by atoms with E-state index in [1.165, 1.54) is 12.1 Å². The molecule has 1 atom stereocenters. The van der Waals surface area contributed by atoms with Gasteiger partial charge in [-0.25, -0.2) is 4.79 Å². The first-order valence-electron chi connectivity index (χ1n) is 5.54. The number of hydrogen-bond acceptors (Lipinski definition) is 4. The van der Waals surface area contributed by atoms with Crippen molar-refractivity contribution in [1.29, 1.82) is 0 Å². The molecular formula is C12H15N3O4. The van der Waals surface area contributed by atoms with Crippen LogP contribution >= 0.6 is 0 Å². The molecule has 1 rings (SSSR count). The molecule has 0 saturated carbocycles. The van der Waals surface area contributed by atoms with Crippen LogP contribution in [0.2, 0.25) is 0 Å². The van der Waals surface area contributed by atoms with Gasteiger partial charge in [0.05, 0.1) is 18.0 Å². The summed E-state index contributed by atoms with van der Waals surface area (Å²) in [6.07, 6.45) is -0.235. The predicted molar refractivity (Wildman–Crippen MR) is 67.0 cm³/mol. The quantitative estimate of drug-likeness (QED) is 0.534. The third kappa shape index (κ3) is 4.76. The van der Waals surface area contributed by atoms with Crippen LogP contribution in [0.3, 0.4) is 0 Å². The average Bonchev–Trinajstić information content (AvgIpc) is 2.35. The van der Waals surface area contributed by atoms with Crippen LogP contribution in [-0.2, 0) is 16.1 Å². The number of carboxylic acid groups (broad SMARTS) is 1. The molecule has 1 aromatic carbocycles. The summed E-state index contributed by atoms with van der Waals surface area (Å²) in [6.45, 7) is 0.131. The molecule has 0 spiro atoms. The summed E-state index contributed by atoms with van der Waals surface area (Å²) < 4.78 is 0. The van der Waals surface area contributed by atoms with Crippen LogP contribution in [-0.4, -0.2) is 28.9 Å². The second kappa shape index (κ2) is 6.50. The van der Waals surface area contributed by atoms with Gasteiger partial charge in [0.2, 0.25) is 11.8 Å². The number of carboxylic acids is 1. The number of primary amides is 1. The van der Waals surface area contributed by atoms with Gasteiger partial charge in [0.1, 0.15) is 0 Å². The lowest BCUT2D eigenvalue weighted by Crippen LogP contribution is -2.42. The standard InChI is InChI=1S/C12H15N3O4/c13-9(5-10(14)16)11(17)15-6-7-2-1-3-8(4-7)12(18)19/h1-4,9H,5-6,13H2,(H2,14,16)(H,15,17)(H,18,19). The Morgan fingerprint density at radius 3 is 2.58 bits per heavy atom. The fourth-order valence-corrected chi connectivity index (χ4v) is 1.44. The molecule has 0 fully saturated rings. The maximum Gasteiger partial charge on any atom is 0.335 e. The van der Waals surface area contributed by atoms with E-state index < -0.39 is 23.8 Å². The Kier molecular flexibility index (Phi) is 5.01. The van der Waals surface area contributed by atoms with Crippen LogP contribution in [0.1, 0.15) is 22.3 Å². The molecule has 19 heavy (non-hydrogen) atoms. The summed E-state index contributed by atoms with van der Waals surface area (Å²) >= 11 is 0. The minimum absolute atomic E-state index is 0.131. The normalized spacial score (nSPS) is 11.6. The Hall–Kier alpha value is -2.41. The van der Waals surface area contributed by atoms with E-state index >= 15 is 0 Å². The number of aromatic carboxylic acids is 1. The second-order valence-corrected chi connectivity index (χ2v) is 4.00. The molecule has 2 amide bonds. The molecule has 1 aromatic rings. The van der Waals surface area contributed by atoms with Crippen LogP contribution < -0.4 is 16.8 Å². The fourth-order valence-electron chi connectivity index (χ4n) is 1.44. The average molecular weight is 265 g/mol. The highest BCUT2D eigenvalue weighted by Crippen LogP contribution is 2.05. The number of amides is 2. The van der Waals surface area contributed by atoms with E-state index in [1.54, 1.807) is 12.1 Å². The Balaban J connectivity index is 2.57. The third-order valence-corrected chi connectivity index (χ3v) is 2.40. The van der Waals surface area contributed by atoms with Gasteiger partial charge < -0.3 is 21.9 Å². The molecule has 0 bridgehead atoms. The number of hydrogen-bond donors (Lipinski definition) is 4. The lowest BCUT2D eigenvalue weighted by molar-refractivity contribution is -0.126. The van der Waals surface area contributed by atoms with Crippen molar-refractivity contribution in [3.8, 4) is 0 Å². The first-order chi connectivity index (χ1) is 8.90. The van der Waals surface area contributed by atoms with Crippen LogP contribution in [0.5, 0.6) is 0 Å². The summed E-state index contributed by atoms with van der Waals surface area (Å²) in [5.41, 5.74) is 11.1. The topological polar surface area (TPSA) is 136 Å². The van der Waals surface area contributed by atoms with E-state index in [0.717, 1.165) is 0 Å². The molecule has 0 aliphatic rings. The van der Waals surface area contributed by atoms with Gasteiger partial charge in [0.25, 0.3) is 0 Å². The molecule has 0 aliphatic heterocycles. The molecule has 1 unspecified atom stereocenters. The van der Waals surface area contributed by atoms with Crippen LogP contribution in [0.25, 0.3) is 0 Å². The molecule has 0 heterocycles. The number of carbonyl (C=O) groups is 3. The zero-order chi connectivity index (χ0) is 14.4. The van der Waals surface area contributed by atoms with Gasteiger partial charge in [-0.3, -0.25) is 9.59 Å².